The molecule has 1 aliphatic heterocycles. The molecule has 2 unspecified atom stereocenters. The van der Waals surface area contributed by atoms with Crippen LogP contribution in [0.5, 0.6) is 0 Å². The van der Waals surface area contributed by atoms with E-state index in [0.717, 1.165) is 32.4 Å². The highest BCUT2D eigenvalue weighted by Gasteiger charge is 2.56. The molecule has 1 saturated carbocycles. The van der Waals surface area contributed by atoms with Gasteiger partial charge in [0.25, 0.3) is 5.91 Å². The van der Waals surface area contributed by atoms with Crippen molar-refractivity contribution in [2.45, 2.75) is 31.7 Å². The summed E-state index contributed by atoms with van der Waals surface area (Å²) in [5, 5.41) is 11.8. The molecule has 8 nitrogen and oxygen atoms in total. The number of piperidine rings is 1. The first kappa shape index (κ1) is 19.3. The van der Waals surface area contributed by atoms with Crippen molar-refractivity contribution in [2.75, 3.05) is 18.0 Å². The SMILES string of the molecule is O=C(CCCCc1ccccc1)NC1C2CN(c3ncc(C(=O)NO)cn3)CC21. The molecule has 2 heterocycles. The molecule has 2 atom stereocenters. The number of aryl methyl sites for hydroxylation is 1. The number of amides is 2. The molecule has 0 spiro atoms. The second kappa shape index (κ2) is 8.57. The fourth-order valence-corrected chi connectivity index (χ4v) is 4.09. The molecule has 0 bridgehead atoms. The maximum atomic E-state index is 12.2. The first-order valence-electron chi connectivity index (χ1n) is 10.0. The predicted octanol–water partition coefficient (Wildman–Crippen LogP) is 1.56. The minimum absolute atomic E-state index is 0.139. The summed E-state index contributed by atoms with van der Waals surface area (Å²) in [6.45, 7) is 1.60. The third-order valence-electron chi connectivity index (χ3n) is 5.77. The van der Waals surface area contributed by atoms with Crippen molar-refractivity contribution >= 4 is 17.8 Å². The first-order chi connectivity index (χ1) is 14.2. The van der Waals surface area contributed by atoms with Crippen molar-refractivity contribution in [2.24, 2.45) is 11.8 Å². The van der Waals surface area contributed by atoms with Crippen LogP contribution in [0.4, 0.5) is 5.95 Å². The van der Waals surface area contributed by atoms with E-state index in [1.807, 2.05) is 18.2 Å². The van der Waals surface area contributed by atoms with Gasteiger partial charge in [0.05, 0.1) is 5.56 Å². The van der Waals surface area contributed by atoms with E-state index in [0.29, 0.717) is 24.2 Å². The van der Waals surface area contributed by atoms with E-state index >= 15 is 0 Å². The maximum Gasteiger partial charge on any atom is 0.277 e. The fourth-order valence-electron chi connectivity index (χ4n) is 4.09. The fraction of sp³-hybridized carbons (Fsp3) is 0.429. The molecular weight excluding hydrogens is 370 g/mol. The Balaban J connectivity index is 1.16. The molecule has 2 aliphatic rings. The Labute approximate surface area is 169 Å². The Morgan fingerprint density at radius 1 is 1.07 bits per heavy atom. The van der Waals surface area contributed by atoms with Gasteiger partial charge in [-0.3, -0.25) is 14.8 Å². The zero-order chi connectivity index (χ0) is 20.2. The zero-order valence-electron chi connectivity index (χ0n) is 16.1. The summed E-state index contributed by atoms with van der Waals surface area (Å²) < 4.78 is 0. The van der Waals surface area contributed by atoms with E-state index in [1.165, 1.54) is 18.0 Å². The molecule has 152 valence electrons. The predicted molar refractivity (Wildman–Crippen MR) is 106 cm³/mol. The highest BCUT2D eigenvalue weighted by atomic mass is 16.5. The molecule has 3 N–H and O–H groups in total. The lowest BCUT2D eigenvalue weighted by molar-refractivity contribution is -0.121. The van der Waals surface area contributed by atoms with Crippen LogP contribution in [0.2, 0.25) is 0 Å². The Morgan fingerprint density at radius 2 is 1.76 bits per heavy atom. The number of unbranched alkanes of at least 4 members (excludes halogenated alkanes) is 1. The lowest BCUT2D eigenvalue weighted by atomic mass is 10.1. The highest BCUT2D eigenvalue weighted by Crippen LogP contribution is 2.46. The van der Waals surface area contributed by atoms with Gasteiger partial charge in [-0.15, -0.1) is 0 Å². The summed E-state index contributed by atoms with van der Waals surface area (Å²) in [5.41, 5.74) is 3.09. The average Bonchev–Trinajstić information content (AvgIpc) is 3.19. The summed E-state index contributed by atoms with van der Waals surface area (Å²) in [6, 6.07) is 10.6. The van der Waals surface area contributed by atoms with Crippen LogP contribution in [0.25, 0.3) is 0 Å². The Bertz CT molecular complexity index is 846. The minimum Gasteiger partial charge on any atom is -0.353 e. The molecule has 29 heavy (non-hydrogen) atoms. The first-order valence-corrected chi connectivity index (χ1v) is 10.0. The second-order valence-corrected chi connectivity index (χ2v) is 7.73. The largest absolute Gasteiger partial charge is 0.353 e. The van der Waals surface area contributed by atoms with E-state index in [-0.39, 0.29) is 17.5 Å². The van der Waals surface area contributed by atoms with Crippen LogP contribution in [0, 0.1) is 11.8 Å². The van der Waals surface area contributed by atoms with E-state index in [1.54, 1.807) is 5.48 Å². The van der Waals surface area contributed by atoms with E-state index in [4.69, 9.17) is 5.21 Å². The number of fused-ring (bicyclic) bond motifs is 1. The number of carbonyl (C=O) groups excluding carboxylic acids is 2. The molecule has 1 aliphatic carbocycles. The number of rotatable bonds is 8. The molecule has 1 saturated heterocycles. The molecule has 0 radical (unpaired) electrons. The van der Waals surface area contributed by atoms with Gasteiger partial charge in [-0.1, -0.05) is 30.3 Å². The number of benzene rings is 1. The molecule has 4 rings (SSSR count). The van der Waals surface area contributed by atoms with Gasteiger partial charge >= 0.3 is 0 Å². The topological polar surface area (TPSA) is 107 Å². The lowest BCUT2D eigenvalue weighted by Crippen LogP contribution is -2.35. The number of hydrogen-bond acceptors (Lipinski definition) is 6. The summed E-state index contributed by atoms with van der Waals surface area (Å²) in [6.07, 6.45) is 6.29. The van der Waals surface area contributed by atoms with Gasteiger partial charge in [0.2, 0.25) is 11.9 Å². The molecule has 2 amide bonds. The van der Waals surface area contributed by atoms with Gasteiger partial charge in [0.15, 0.2) is 0 Å². The monoisotopic (exact) mass is 395 g/mol. The summed E-state index contributed by atoms with van der Waals surface area (Å²) in [7, 11) is 0. The minimum atomic E-state index is -0.632. The lowest BCUT2D eigenvalue weighted by Gasteiger charge is -2.20. The quantitative estimate of drug-likeness (QED) is 0.356. The third-order valence-corrected chi connectivity index (χ3v) is 5.77. The van der Waals surface area contributed by atoms with Crippen LogP contribution >= 0.6 is 0 Å². The van der Waals surface area contributed by atoms with Crippen molar-refractivity contribution in [1.29, 1.82) is 0 Å². The molecule has 8 heteroatoms. The number of anilines is 1. The van der Waals surface area contributed by atoms with Gasteiger partial charge < -0.3 is 10.2 Å². The van der Waals surface area contributed by atoms with E-state index < -0.39 is 5.91 Å². The molecule has 1 aromatic heterocycles. The standard InChI is InChI=1S/C21H25N5O3/c27-18(9-5-4-8-14-6-2-1-3-7-14)24-19-16-12-26(13-17(16)19)21-22-10-15(11-23-21)20(28)25-29/h1-3,6-7,10-11,16-17,19,29H,4-5,8-9,12-13H2,(H,24,27)(H,25,28). The van der Waals surface area contributed by atoms with Crippen molar-refractivity contribution in [3.8, 4) is 0 Å². The zero-order valence-corrected chi connectivity index (χ0v) is 16.1. The van der Waals surface area contributed by atoms with Crippen molar-refractivity contribution < 1.29 is 14.8 Å². The van der Waals surface area contributed by atoms with Crippen molar-refractivity contribution in [3.05, 3.63) is 53.9 Å². The maximum absolute atomic E-state index is 12.2. The highest BCUT2D eigenvalue weighted by molar-refractivity contribution is 5.92. The third kappa shape index (κ3) is 4.54. The van der Waals surface area contributed by atoms with Crippen LogP contribution in [0.15, 0.2) is 42.7 Å². The van der Waals surface area contributed by atoms with Crippen molar-refractivity contribution in [1.82, 2.24) is 20.8 Å². The van der Waals surface area contributed by atoms with Crippen LogP contribution in [-0.2, 0) is 11.2 Å². The van der Waals surface area contributed by atoms with Gasteiger partial charge in [0.1, 0.15) is 0 Å². The van der Waals surface area contributed by atoms with Crippen LogP contribution in [0.1, 0.15) is 35.2 Å². The van der Waals surface area contributed by atoms with E-state index in [2.05, 4.69) is 32.3 Å². The van der Waals surface area contributed by atoms with E-state index in [9.17, 15) is 9.59 Å². The molecular formula is C21H25N5O3. The number of hydroxylamine groups is 1. The van der Waals surface area contributed by atoms with Gasteiger partial charge in [-0.25, -0.2) is 15.4 Å². The smallest absolute Gasteiger partial charge is 0.277 e. The van der Waals surface area contributed by atoms with Crippen molar-refractivity contribution in [3.63, 3.8) is 0 Å². The Hall–Kier alpha value is -3.00. The van der Waals surface area contributed by atoms with Crippen LogP contribution in [0.3, 0.4) is 0 Å². The Morgan fingerprint density at radius 3 is 2.41 bits per heavy atom. The Kier molecular flexibility index (Phi) is 5.71. The number of hydrogen-bond donors (Lipinski definition) is 3. The van der Waals surface area contributed by atoms with Gasteiger partial charge in [-0.05, 0) is 24.8 Å². The molecule has 2 aromatic rings. The number of aromatic nitrogens is 2. The normalized spacial score (nSPS) is 22.1. The average molecular weight is 395 g/mol. The second-order valence-electron chi connectivity index (χ2n) is 7.73. The summed E-state index contributed by atoms with van der Waals surface area (Å²) in [4.78, 5) is 34.0. The number of nitrogens with zero attached hydrogens (tertiary/aromatic N) is 3. The molecule has 2 fully saturated rings. The summed E-state index contributed by atoms with van der Waals surface area (Å²) >= 11 is 0. The summed E-state index contributed by atoms with van der Waals surface area (Å²) in [5.74, 6) is 0.948. The van der Waals surface area contributed by atoms with Gasteiger partial charge in [0, 0.05) is 49.8 Å². The number of carbonyl (C=O) groups is 2. The van der Waals surface area contributed by atoms with Crippen LogP contribution in [-0.4, -0.2) is 46.1 Å². The van der Waals surface area contributed by atoms with Gasteiger partial charge in [-0.2, -0.15) is 0 Å². The number of nitrogens with one attached hydrogen (secondary N) is 2. The molecule has 1 aromatic carbocycles. The van der Waals surface area contributed by atoms with Crippen LogP contribution < -0.4 is 15.7 Å².